The third-order valence-corrected chi connectivity index (χ3v) is 8.20. The van der Waals surface area contributed by atoms with Crippen molar-refractivity contribution in [3.05, 3.63) is 40.3 Å². The van der Waals surface area contributed by atoms with Crippen LogP contribution in [0.15, 0.2) is 29.2 Å². The molecule has 192 valence electrons. The molecule has 0 saturated carbocycles. The van der Waals surface area contributed by atoms with Crippen LogP contribution in [0.1, 0.15) is 53.3 Å². The van der Waals surface area contributed by atoms with E-state index >= 15 is 0 Å². The summed E-state index contributed by atoms with van der Waals surface area (Å²) in [6.45, 7) is 9.21. The Hall–Kier alpha value is -2.96. The Labute approximate surface area is 209 Å². The predicted octanol–water partition coefficient (Wildman–Crippen LogP) is 3.49. The monoisotopic (exact) mass is 525 g/mol. The first kappa shape index (κ1) is 28.3. The van der Waals surface area contributed by atoms with Crippen LogP contribution < -0.4 is 10.6 Å². The SMILES string of the molecule is CCOC(=O)c1sc(NC(=O)CNc2cccc(S(=O)(=O)N(CC)CC)c2)c(C(=O)OCC)c1C. The maximum Gasteiger partial charge on any atom is 0.348 e. The Bertz CT molecular complexity index is 1170. The highest BCUT2D eigenvalue weighted by atomic mass is 32.2. The minimum atomic E-state index is -3.65. The molecule has 2 rings (SSSR count). The second kappa shape index (κ2) is 12.7. The fraction of sp³-hybridized carbons (Fsp3) is 0.435. The topological polar surface area (TPSA) is 131 Å². The van der Waals surface area contributed by atoms with Gasteiger partial charge in [0.2, 0.25) is 15.9 Å². The van der Waals surface area contributed by atoms with Crippen LogP contribution in [0, 0.1) is 6.92 Å². The second-order valence-electron chi connectivity index (χ2n) is 7.22. The Morgan fingerprint density at radius 2 is 1.63 bits per heavy atom. The summed E-state index contributed by atoms with van der Waals surface area (Å²) in [5.74, 6) is -1.75. The summed E-state index contributed by atoms with van der Waals surface area (Å²) in [7, 11) is -3.65. The third-order valence-electron chi connectivity index (χ3n) is 4.97. The van der Waals surface area contributed by atoms with Crippen molar-refractivity contribution in [3.8, 4) is 0 Å². The van der Waals surface area contributed by atoms with Crippen LogP contribution in [0.5, 0.6) is 0 Å². The van der Waals surface area contributed by atoms with Gasteiger partial charge in [0.1, 0.15) is 9.88 Å². The van der Waals surface area contributed by atoms with Crippen LogP contribution in [-0.2, 0) is 24.3 Å². The van der Waals surface area contributed by atoms with Crippen molar-refractivity contribution in [1.29, 1.82) is 0 Å². The Kier molecular flexibility index (Phi) is 10.2. The number of carbonyl (C=O) groups excluding carboxylic acids is 3. The number of esters is 2. The van der Waals surface area contributed by atoms with Gasteiger partial charge in [0.15, 0.2) is 0 Å². The summed E-state index contributed by atoms with van der Waals surface area (Å²) >= 11 is 0.932. The minimum absolute atomic E-state index is 0.0977. The van der Waals surface area contributed by atoms with Gasteiger partial charge in [0.05, 0.1) is 30.2 Å². The van der Waals surface area contributed by atoms with Gasteiger partial charge in [-0.3, -0.25) is 4.79 Å². The van der Waals surface area contributed by atoms with Crippen molar-refractivity contribution in [3.63, 3.8) is 0 Å². The Morgan fingerprint density at radius 3 is 2.23 bits per heavy atom. The number of thiophene rings is 1. The average molecular weight is 526 g/mol. The lowest BCUT2D eigenvalue weighted by Crippen LogP contribution is -2.30. The maximum absolute atomic E-state index is 12.8. The molecule has 12 heteroatoms. The molecule has 10 nitrogen and oxygen atoms in total. The fourth-order valence-corrected chi connectivity index (χ4v) is 5.88. The van der Waals surface area contributed by atoms with E-state index in [9.17, 15) is 22.8 Å². The summed E-state index contributed by atoms with van der Waals surface area (Å²) in [6, 6.07) is 6.19. The number of rotatable bonds is 12. The molecular formula is C23H31N3O7S2. The van der Waals surface area contributed by atoms with E-state index in [4.69, 9.17) is 9.47 Å². The van der Waals surface area contributed by atoms with Crippen molar-refractivity contribution in [2.45, 2.75) is 39.5 Å². The van der Waals surface area contributed by atoms with Crippen molar-refractivity contribution < 1.29 is 32.3 Å². The van der Waals surface area contributed by atoms with Crippen LogP contribution in [0.25, 0.3) is 0 Å². The van der Waals surface area contributed by atoms with Gasteiger partial charge in [-0.1, -0.05) is 19.9 Å². The molecule has 2 N–H and O–H groups in total. The van der Waals surface area contributed by atoms with Gasteiger partial charge < -0.3 is 20.1 Å². The van der Waals surface area contributed by atoms with Crippen molar-refractivity contribution in [2.75, 3.05) is 43.5 Å². The van der Waals surface area contributed by atoms with Gasteiger partial charge >= 0.3 is 11.9 Å². The highest BCUT2D eigenvalue weighted by Crippen LogP contribution is 2.34. The first-order chi connectivity index (χ1) is 16.6. The highest BCUT2D eigenvalue weighted by Gasteiger charge is 2.27. The summed E-state index contributed by atoms with van der Waals surface area (Å²) < 4.78 is 37.0. The van der Waals surface area contributed by atoms with E-state index in [1.807, 2.05) is 0 Å². The number of anilines is 2. The van der Waals surface area contributed by atoms with E-state index in [2.05, 4.69) is 10.6 Å². The standard InChI is InChI=1S/C23H31N3O7S2/c1-6-26(7-2)35(30,31)17-12-10-11-16(13-17)24-14-18(27)25-21-19(22(28)32-8-3)15(5)20(34-21)23(29)33-9-4/h10-13,24H,6-9,14H2,1-5H3,(H,25,27). The first-order valence-corrected chi connectivity index (χ1v) is 13.5. The number of sulfonamides is 1. The maximum atomic E-state index is 12.8. The quantitative estimate of drug-likeness (QED) is 0.403. The molecule has 35 heavy (non-hydrogen) atoms. The number of carbonyl (C=O) groups is 3. The molecule has 0 fully saturated rings. The molecular weight excluding hydrogens is 494 g/mol. The van der Waals surface area contributed by atoms with Crippen LogP contribution in [0.2, 0.25) is 0 Å². The zero-order valence-corrected chi connectivity index (χ0v) is 22.1. The zero-order valence-electron chi connectivity index (χ0n) is 20.5. The number of benzene rings is 1. The van der Waals surface area contributed by atoms with Crippen LogP contribution in [0.3, 0.4) is 0 Å². The van der Waals surface area contributed by atoms with Gasteiger partial charge in [-0.15, -0.1) is 11.3 Å². The van der Waals surface area contributed by atoms with Crippen molar-refractivity contribution >= 4 is 49.9 Å². The minimum Gasteiger partial charge on any atom is -0.462 e. The lowest BCUT2D eigenvalue weighted by atomic mass is 10.1. The van der Waals surface area contributed by atoms with E-state index in [1.54, 1.807) is 46.8 Å². The number of amides is 1. The average Bonchev–Trinajstić information content (AvgIpc) is 3.14. The van der Waals surface area contributed by atoms with E-state index in [1.165, 1.54) is 16.4 Å². The molecule has 0 radical (unpaired) electrons. The number of hydrogen-bond acceptors (Lipinski definition) is 9. The number of nitrogens with zero attached hydrogens (tertiary/aromatic N) is 1. The first-order valence-electron chi connectivity index (χ1n) is 11.2. The van der Waals surface area contributed by atoms with Gasteiger partial charge in [-0.2, -0.15) is 4.31 Å². The van der Waals surface area contributed by atoms with Crippen molar-refractivity contribution in [2.24, 2.45) is 0 Å². The molecule has 1 amide bonds. The number of hydrogen-bond donors (Lipinski definition) is 2. The molecule has 0 saturated heterocycles. The molecule has 1 aromatic heterocycles. The van der Waals surface area contributed by atoms with E-state index in [0.29, 0.717) is 24.3 Å². The predicted molar refractivity (Wildman–Crippen MR) is 135 cm³/mol. The fourth-order valence-electron chi connectivity index (χ4n) is 3.27. The van der Waals surface area contributed by atoms with Crippen LogP contribution >= 0.6 is 11.3 Å². The van der Waals surface area contributed by atoms with Gasteiger partial charge in [0, 0.05) is 18.8 Å². The summed E-state index contributed by atoms with van der Waals surface area (Å²) in [4.78, 5) is 37.7. The van der Waals surface area contributed by atoms with Crippen LogP contribution in [-0.4, -0.2) is 63.4 Å². The molecule has 0 aliphatic carbocycles. The molecule has 1 aromatic carbocycles. The largest absolute Gasteiger partial charge is 0.462 e. The second-order valence-corrected chi connectivity index (χ2v) is 10.2. The normalized spacial score (nSPS) is 11.3. The summed E-state index contributed by atoms with van der Waals surface area (Å²) in [5, 5.41) is 5.71. The summed E-state index contributed by atoms with van der Waals surface area (Å²) in [6.07, 6.45) is 0. The lowest BCUT2D eigenvalue weighted by molar-refractivity contribution is -0.114. The zero-order chi connectivity index (χ0) is 26.2. The number of nitrogens with one attached hydrogen (secondary N) is 2. The molecule has 0 aliphatic heterocycles. The lowest BCUT2D eigenvalue weighted by Gasteiger charge is -2.19. The van der Waals surface area contributed by atoms with Crippen molar-refractivity contribution in [1.82, 2.24) is 4.31 Å². The molecule has 1 heterocycles. The van der Waals surface area contributed by atoms with E-state index in [0.717, 1.165) is 11.3 Å². The van der Waals surface area contributed by atoms with Gasteiger partial charge in [-0.25, -0.2) is 18.0 Å². The molecule has 0 atom stereocenters. The Balaban J connectivity index is 2.21. The third kappa shape index (κ3) is 6.80. The van der Waals surface area contributed by atoms with Crippen LogP contribution in [0.4, 0.5) is 10.7 Å². The Morgan fingerprint density at radius 1 is 1.00 bits per heavy atom. The molecule has 2 aromatic rings. The van der Waals surface area contributed by atoms with E-state index in [-0.39, 0.29) is 40.1 Å². The van der Waals surface area contributed by atoms with Gasteiger partial charge in [0.25, 0.3) is 0 Å². The van der Waals surface area contributed by atoms with Gasteiger partial charge in [-0.05, 0) is 44.5 Å². The smallest absolute Gasteiger partial charge is 0.348 e. The molecule has 0 aliphatic rings. The molecule has 0 spiro atoms. The summed E-state index contributed by atoms with van der Waals surface area (Å²) in [5.41, 5.74) is 0.901. The highest BCUT2D eigenvalue weighted by molar-refractivity contribution is 7.89. The number of ether oxygens (including phenoxy) is 2. The molecule has 0 unspecified atom stereocenters. The molecule has 0 bridgehead atoms. The van der Waals surface area contributed by atoms with E-state index < -0.39 is 27.9 Å².